The molecule has 7 nitrogen and oxygen atoms in total. The Hall–Kier alpha value is -3.84. The standard InChI is InChI=1S/C26H25N5O2/c27-26-29-14-18(15-30-26)21-8-3-10-23-22(21)9-4-11-24(23)25(32)31-13-5-7-20(16-31)33-17-19-6-1-2-12-28-19/h1-4,6,8-12,14-15,20H,5,7,13,16-17H2,(H2,27,29,30). The molecule has 0 bridgehead atoms. The van der Waals surface area contributed by atoms with Gasteiger partial charge in [0.1, 0.15) is 0 Å². The number of hydrogen-bond donors (Lipinski definition) is 1. The number of benzene rings is 2. The van der Waals surface area contributed by atoms with Gasteiger partial charge in [0.2, 0.25) is 5.95 Å². The number of pyridine rings is 1. The number of rotatable bonds is 5. The second-order valence-electron chi connectivity index (χ2n) is 8.18. The largest absolute Gasteiger partial charge is 0.370 e. The van der Waals surface area contributed by atoms with Crippen LogP contribution >= 0.6 is 0 Å². The Morgan fingerprint density at radius 1 is 1.00 bits per heavy atom. The molecule has 1 amide bonds. The van der Waals surface area contributed by atoms with Crippen molar-refractivity contribution in [1.29, 1.82) is 0 Å². The minimum atomic E-state index is 0.00201. The van der Waals surface area contributed by atoms with E-state index in [1.165, 1.54) is 0 Å². The first kappa shape index (κ1) is 21.0. The van der Waals surface area contributed by atoms with Crippen LogP contribution < -0.4 is 5.73 Å². The predicted molar refractivity (Wildman–Crippen MR) is 127 cm³/mol. The van der Waals surface area contributed by atoms with Crippen molar-refractivity contribution >= 4 is 22.6 Å². The molecule has 3 heterocycles. The van der Waals surface area contributed by atoms with Crippen molar-refractivity contribution in [3.63, 3.8) is 0 Å². The number of anilines is 1. The number of carbonyl (C=O) groups is 1. The van der Waals surface area contributed by atoms with E-state index in [0.717, 1.165) is 47.0 Å². The first-order chi connectivity index (χ1) is 16.2. The van der Waals surface area contributed by atoms with Crippen molar-refractivity contribution in [3.8, 4) is 11.1 Å². The van der Waals surface area contributed by atoms with Gasteiger partial charge < -0.3 is 15.4 Å². The zero-order valence-electron chi connectivity index (χ0n) is 18.2. The molecule has 166 valence electrons. The summed E-state index contributed by atoms with van der Waals surface area (Å²) < 4.78 is 6.08. The van der Waals surface area contributed by atoms with E-state index >= 15 is 0 Å². The van der Waals surface area contributed by atoms with Crippen molar-refractivity contribution in [2.24, 2.45) is 0 Å². The predicted octanol–water partition coefficient (Wildman–Crippen LogP) is 4.10. The summed E-state index contributed by atoms with van der Waals surface area (Å²) in [6.45, 7) is 1.76. The maximum atomic E-state index is 13.5. The topological polar surface area (TPSA) is 94.2 Å². The first-order valence-corrected chi connectivity index (χ1v) is 11.1. The van der Waals surface area contributed by atoms with Gasteiger partial charge in [0.05, 0.1) is 18.4 Å². The fourth-order valence-electron chi connectivity index (χ4n) is 4.34. The summed E-state index contributed by atoms with van der Waals surface area (Å²) in [5, 5.41) is 1.89. The number of likely N-dealkylation sites (tertiary alicyclic amines) is 1. The zero-order chi connectivity index (χ0) is 22.6. The summed E-state index contributed by atoms with van der Waals surface area (Å²) in [7, 11) is 0. The summed E-state index contributed by atoms with van der Waals surface area (Å²) in [6.07, 6.45) is 7.03. The van der Waals surface area contributed by atoms with Crippen LogP contribution in [0.5, 0.6) is 0 Å². The van der Waals surface area contributed by atoms with Gasteiger partial charge in [-0.2, -0.15) is 0 Å². The van der Waals surface area contributed by atoms with Crippen molar-refractivity contribution in [3.05, 3.63) is 84.4 Å². The van der Waals surface area contributed by atoms with Crippen molar-refractivity contribution in [2.75, 3.05) is 18.8 Å². The van der Waals surface area contributed by atoms with E-state index in [-0.39, 0.29) is 18.0 Å². The van der Waals surface area contributed by atoms with Crippen LogP contribution in [-0.4, -0.2) is 45.0 Å². The van der Waals surface area contributed by atoms with E-state index in [1.807, 2.05) is 59.5 Å². The Balaban J connectivity index is 1.38. The maximum Gasteiger partial charge on any atom is 0.254 e. The Bertz CT molecular complexity index is 1260. The molecule has 0 radical (unpaired) electrons. The van der Waals surface area contributed by atoms with Crippen LogP contribution in [0.2, 0.25) is 0 Å². The smallest absolute Gasteiger partial charge is 0.254 e. The van der Waals surface area contributed by atoms with Gasteiger partial charge in [-0.15, -0.1) is 0 Å². The summed E-state index contributed by atoms with van der Waals surface area (Å²) >= 11 is 0. The Morgan fingerprint density at radius 3 is 2.64 bits per heavy atom. The van der Waals surface area contributed by atoms with E-state index in [1.54, 1.807) is 18.6 Å². The molecule has 1 aliphatic rings. The SMILES string of the molecule is Nc1ncc(-c2cccc3c(C(=O)N4CCCC(OCc5ccccn5)C4)cccc23)cn1. The van der Waals surface area contributed by atoms with Crippen LogP contribution in [0.15, 0.2) is 73.2 Å². The van der Waals surface area contributed by atoms with E-state index in [0.29, 0.717) is 18.7 Å². The number of aromatic nitrogens is 3. The summed E-state index contributed by atoms with van der Waals surface area (Å²) in [5.74, 6) is 0.261. The van der Waals surface area contributed by atoms with E-state index in [9.17, 15) is 4.79 Å². The second-order valence-corrected chi connectivity index (χ2v) is 8.18. The lowest BCUT2D eigenvalue weighted by atomic mass is 9.96. The molecule has 5 rings (SSSR count). The Morgan fingerprint density at radius 2 is 1.82 bits per heavy atom. The normalized spacial score (nSPS) is 16.1. The van der Waals surface area contributed by atoms with Gasteiger partial charge in [-0.25, -0.2) is 9.97 Å². The molecule has 4 aromatic rings. The van der Waals surface area contributed by atoms with Gasteiger partial charge in [0, 0.05) is 42.8 Å². The number of piperidine rings is 1. The van der Waals surface area contributed by atoms with Crippen LogP contribution in [0.4, 0.5) is 5.95 Å². The third-order valence-corrected chi connectivity index (χ3v) is 5.99. The van der Waals surface area contributed by atoms with Gasteiger partial charge in [0.25, 0.3) is 5.91 Å². The highest BCUT2D eigenvalue weighted by Crippen LogP contribution is 2.31. The molecule has 0 saturated carbocycles. The molecule has 1 saturated heterocycles. The molecule has 0 spiro atoms. The quantitative estimate of drug-likeness (QED) is 0.503. The average molecular weight is 440 g/mol. The number of nitrogens with two attached hydrogens (primary N) is 1. The second kappa shape index (κ2) is 9.34. The van der Waals surface area contributed by atoms with Gasteiger partial charge in [-0.1, -0.05) is 36.4 Å². The Labute approximate surface area is 192 Å². The number of hydrogen-bond acceptors (Lipinski definition) is 6. The maximum absolute atomic E-state index is 13.5. The molecule has 0 aliphatic carbocycles. The summed E-state index contributed by atoms with van der Waals surface area (Å²) in [5.41, 5.74) is 9.06. The molecule has 1 unspecified atom stereocenters. The molecule has 33 heavy (non-hydrogen) atoms. The zero-order valence-corrected chi connectivity index (χ0v) is 18.2. The number of nitrogens with zero attached hydrogens (tertiary/aromatic N) is 4. The lowest BCUT2D eigenvalue weighted by molar-refractivity contribution is -0.00779. The minimum Gasteiger partial charge on any atom is -0.370 e. The van der Waals surface area contributed by atoms with Crippen molar-refractivity contribution in [1.82, 2.24) is 19.9 Å². The summed E-state index contributed by atoms with van der Waals surface area (Å²) in [4.78, 5) is 28.0. The van der Waals surface area contributed by atoms with Crippen molar-refractivity contribution < 1.29 is 9.53 Å². The molecular formula is C26H25N5O2. The van der Waals surface area contributed by atoms with Gasteiger partial charge >= 0.3 is 0 Å². The average Bonchev–Trinajstić information content (AvgIpc) is 2.88. The third kappa shape index (κ3) is 4.54. The fraction of sp³-hybridized carbons (Fsp3) is 0.231. The molecule has 2 N–H and O–H groups in total. The van der Waals surface area contributed by atoms with Gasteiger partial charge in [-0.05, 0) is 47.4 Å². The molecule has 2 aromatic carbocycles. The van der Waals surface area contributed by atoms with Crippen LogP contribution in [0.1, 0.15) is 28.9 Å². The molecule has 1 aliphatic heterocycles. The van der Waals surface area contributed by atoms with Crippen LogP contribution in [0.25, 0.3) is 21.9 Å². The number of ether oxygens (including phenoxy) is 1. The Kier molecular flexibility index (Phi) is 5.95. The lowest BCUT2D eigenvalue weighted by Crippen LogP contribution is -2.43. The number of nitrogen functional groups attached to an aromatic ring is 1. The third-order valence-electron chi connectivity index (χ3n) is 5.99. The van der Waals surface area contributed by atoms with E-state index in [2.05, 4.69) is 15.0 Å². The van der Waals surface area contributed by atoms with Crippen LogP contribution in [0, 0.1) is 0 Å². The monoisotopic (exact) mass is 439 g/mol. The van der Waals surface area contributed by atoms with Crippen LogP contribution in [0.3, 0.4) is 0 Å². The number of carbonyl (C=O) groups excluding carboxylic acids is 1. The molecule has 2 aromatic heterocycles. The summed E-state index contributed by atoms with van der Waals surface area (Å²) in [6, 6.07) is 17.6. The molecule has 7 heteroatoms. The lowest BCUT2D eigenvalue weighted by Gasteiger charge is -2.33. The molecular weight excluding hydrogens is 414 g/mol. The van der Waals surface area contributed by atoms with Crippen LogP contribution in [-0.2, 0) is 11.3 Å². The van der Waals surface area contributed by atoms with E-state index < -0.39 is 0 Å². The highest BCUT2D eigenvalue weighted by molar-refractivity contribution is 6.10. The highest BCUT2D eigenvalue weighted by atomic mass is 16.5. The number of fused-ring (bicyclic) bond motifs is 1. The van der Waals surface area contributed by atoms with Gasteiger partial charge in [-0.3, -0.25) is 9.78 Å². The van der Waals surface area contributed by atoms with Gasteiger partial charge in [0.15, 0.2) is 0 Å². The van der Waals surface area contributed by atoms with E-state index in [4.69, 9.17) is 10.5 Å². The minimum absolute atomic E-state index is 0.00201. The fourth-order valence-corrected chi connectivity index (χ4v) is 4.34. The van der Waals surface area contributed by atoms with Crippen molar-refractivity contribution in [2.45, 2.75) is 25.6 Å². The number of amides is 1. The molecule has 1 fully saturated rings. The first-order valence-electron chi connectivity index (χ1n) is 11.1. The highest BCUT2D eigenvalue weighted by Gasteiger charge is 2.26. The molecule has 1 atom stereocenters.